The van der Waals surface area contributed by atoms with Gasteiger partial charge in [0.1, 0.15) is 51.8 Å². The summed E-state index contributed by atoms with van der Waals surface area (Å²) in [5.74, 6) is -0.542. The predicted molar refractivity (Wildman–Crippen MR) is 158 cm³/mol. The van der Waals surface area contributed by atoms with Crippen LogP contribution in [0, 0.1) is 0 Å². The quantitative estimate of drug-likeness (QED) is 0.293. The molecule has 0 spiro atoms. The second-order valence-electron chi connectivity index (χ2n) is 10.3. The molecule has 3 atom stereocenters. The minimum absolute atomic E-state index is 0.0775. The second kappa shape index (κ2) is 12.5. The van der Waals surface area contributed by atoms with Gasteiger partial charge in [0, 0.05) is 24.4 Å². The van der Waals surface area contributed by atoms with Gasteiger partial charge >= 0.3 is 6.18 Å². The number of carbonyl (C=O) groups is 2. The minimum atomic E-state index is -4.60. The van der Waals surface area contributed by atoms with Gasteiger partial charge in [-0.1, -0.05) is 11.6 Å². The molecule has 1 aromatic carbocycles. The highest BCUT2D eigenvalue weighted by atomic mass is 35.5. The van der Waals surface area contributed by atoms with E-state index in [1.165, 1.54) is 32.5 Å². The monoisotopic (exact) mass is 647 g/mol. The summed E-state index contributed by atoms with van der Waals surface area (Å²) in [6.07, 6.45) is -3.64. The Morgan fingerprint density at radius 3 is 2.64 bits per heavy atom. The molecule has 4 heterocycles. The van der Waals surface area contributed by atoms with Crippen LogP contribution < -0.4 is 15.8 Å². The molecule has 1 saturated heterocycles. The fourth-order valence-corrected chi connectivity index (χ4v) is 5.20. The lowest BCUT2D eigenvalue weighted by Gasteiger charge is -2.38. The third-order valence-electron chi connectivity index (χ3n) is 7.42. The van der Waals surface area contributed by atoms with Gasteiger partial charge in [0.05, 0.1) is 38.1 Å². The number of nitrogens with one attached hydrogen (secondary N) is 1. The topological polar surface area (TPSA) is 146 Å². The smallest absolute Gasteiger partial charge is 0.416 e. The highest BCUT2D eigenvalue weighted by molar-refractivity contribution is 6.30. The molecule has 0 bridgehead atoms. The molecule has 45 heavy (non-hydrogen) atoms. The number of benzene rings is 1. The van der Waals surface area contributed by atoms with Gasteiger partial charge in [-0.3, -0.25) is 14.0 Å². The number of methoxy groups -OCH3 is 2. The van der Waals surface area contributed by atoms with Gasteiger partial charge in [-0.05, 0) is 44.2 Å². The Hall–Kier alpha value is -4.47. The Morgan fingerprint density at radius 1 is 1.20 bits per heavy atom. The first kappa shape index (κ1) is 31.9. The molecule has 238 valence electrons. The molecule has 3 N–H and O–H groups in total. The Labute approximate surface area is 260 Å². The van der Waals surface area contributed by atoms with Crippen molar-refractivity contribution in [2.75, 3.05) is 38.4 Å². The van der Waals surface area contributed by atoms with E-state index in [2.05, 4.69) is 15.3 Å². The largest absolute Gasteiger partial charge is 0.496 e. The van der Waals surface area contributed by atoms with E-state index in [1.807, 2.05) is 6.92 Å². The fraction of sp³-hybridized carbons (Fsp3) is 0.345. The first-order valence-corrected chi connectivity index (χ1v) is 14.0. The van der Waals surface area contributed by atoms with Crippen molar-refractivity contribution in [2.45, 2.75) is 38.3 Å². The number of anilines is 2. The summed E-state index contributed by atoms with van der Waals surface area (Å²) in [6.45, 7) is 3.91. The average molecular weight is 648 g/mol. The molecule has 0 saturated carbocycles. The number of nitrogen functional groups attached to an aromatic ring is 1. The van der Waals surface area contributed by atoms with Crippen molar-refractivity contribution in [2.24, 2.45) is 0 Å². The average Bonchev–Trinajstić information content (AvgIpc) is 3.43. The van der Waals surface area contributed by atoms with E-state index < -0.39 is 29.9 Å². The first-order chi connectivity index (χ1) is 21.3. The van der Waals surface area contributed by atoms with Gasteiger partial charge in [-0.15, -0.1) is 0 Å². The zero-order valence-corrected chi connectivity index (χ0v) is 25.3. The summed E-state index contributed by atoms with van der Waals surface area (Å²) in [4.78, 5) is 40.5. The molecule has 2 amide bonds. The maximum Gasteiger partial charge on any atom is 0.416 e. The van der Waals surface area contributed by atoms with Crippen LogP contribution in [-0.2, 0) is 20.4 Å². The number of imidazole rings is 1. The summed E-state index contributed by atoms with van der Waals surface area (Å²) < 4.78 is 57.9. The van der Waals surface area contributed by atoms with Crippen molar-refractivity contribution >= 4 is 40.6 Å². The van der Waals surface area contributed by atoms with Crippen LogP contribution in [0.1, 0.15) is 41.7 Å². The third kappa shape index (κ3) is 6.23. The van der Waals surface area contributed by atoms with Gasteiger partial charge < -0.3 is 30.2 Å². The molecule has 3 aromatic heterocycles. The van der Waals surface area contributed by atoms with Gasteiger partial charge in [0.25, 0.3) is 11.8 Å². The number of rotatable bonds is 7. The molecule has 0 radical (unpaired) electrons. The number of nitrogens with two attached hydrogens (primary N) is 1. The van der Waals surface area contributed by atoms with E-state index in [9.17, 15) is 22.8 Å². The number of amides is 2. The number of hydrogen-bond acceptors (Lipinski definition) is 9. The zero-order chi connectivity index (χ0) is 32.6. The van der Waals surface area contributed by atoms with Crippen LogP contribution in [0.4, 0.5) is 24.8 Å². The summed E-state index contributed by atoms with van der Waals surface area (Å²) in [5.41, 5.74) is 6.50. The van der Waals surface area contributed by atoms with Crippen LogP contribution in [-0.4, -0.2) is 75.6 Å². The highest BCUT2D eigenvalue weighted by Gasteiger charge is 2.36. The lowest BCUT2D eigenvalue weighted by Crippen LogP contribution is -2.51. The zero-order valence-electron chi connectivity index (χ0n) is 24.6. The number of pyridine rings is 1. The number of halogens is 4. The SMILES string of the molecule is COc1cc(C(=O)Nc2cc(C(F)(F)F)ccn2)ccc1-c1nc([C@H]2CN(C(=O)[C@H](C)OC)[C@@H](C)CO2)n2c(Cl)cnc(N)c12. The molecule has 0 aliphatic carbocycles. The standard InChI is InChI=1S/C29H29ClF3N7O5/c1-14-13-45-20(12-39(14)28(42)15(2)43-3)26-38-23(24-25(34)36-11-21(30)40(24)26)18-6-5-16(9-19(18)44-4)27(41)37-22-10-17(7-8-35-22)29(31,32)33/h5-11,14-15,20H,12-13H2,1-4H3,(H2,34,36)(H,35,37,41)/t14-,15-,20+/m0/s1. The number of morpholine rings is 1. The van der Waals surface area contributed by atoms with E-state index >= 15 is 0 Å². The summed E-state index contributed by atoms with van der Waals surface area (Å²) in [6, 6.07) is 5.73. The normalized spacial score (nSPS) is 17.7. The maximum absolute atomic E-state index is 13.1. The van der Waals surface area contributed by atoms with Crippen LogP contribution in [0.2, 0.25) is 5.15 Å². The molecule has 1 fully saturated rings. The number of hydrogen-bond donors (Lipinski definition) is 2. The van der Waals surface area contributed by atoms with Crippen molar-refractivity contribution in [3.63, 3.8) is 0 Å². The van der Waals surface area contributed by atoms with E-state index in [4.69, 9.17) is 36.5 Å². The molecule has 16 heteroatoms. The highest BCUT2D eigenvalue weighted by Crippen LogP contribution is 2.39. The Bertz CT molecular complexity index is 1770. The van der Waals surface area contributed by atoms with Crippen LogP contribution in [0.15, 0.2) is 42.7 Å². The second-order valence-corrected chi connectivity index (χ2v) is 10.7. The molecular formula is C29H29ClF3N7O5. The van der Waals surface area contributed by atoms with Gasteiger partial charge in [0.2, 0.25) is 0 Å². The molecule has 5 rings (SSSR count). The fourth-order valence-electron chi connectivity index (χ4n) is 4.98. The van der Waals surface area contributed by atoms with E-state index in [1.54, 1.807) is 22.3 Å². The third-order valence-corrected chi connectivity index (χ3v) is 7.69. The van der Waals surface area contributed by atoms with Crippen molar-refractivity contribution in [1.82, 2.24) is 24.3 Å². The van der Waals surface area contributed by atoms with Gasteiger partial charge in [0.15, 0.2) is 0 Å². The number of ether oxygens (including phenoxy) is 3. The lowest BCUT2D eigenvalue weighted by molar-refractivity contribution is -0.154. The number of aromatic nitrogens is 4. The van der Waals surface area contributed by atoms with Crippen molar-refractivity contribution in [1.29, 1.82) is 0 Å². The summed E-state index contributed by atoms with van der Waals surface area (Å²) in [5, 5.41) is 2.56. The van der Waals surface area contributed by atoms with E-state index in [0.717, 1.165) is 18.3 Å². The summed E-state index contributed by atoms with van der Waals surface area (Å²) >= 11 is 6.60. The van der Waals surface area contributed by atoms with Crippen LogP contribution in [0.3, 0.4) is 0 Å². The van der Waals surface area contributed by atoms with Crippen molar-refractivity contribution < 1.29 is 37.0 Å². The Balaban J connectivity index is 1.53. The summed E-state index contributed by atoms with van der Waals surface area (Å²) in [7, 11) is 2.84. The molecular weight excluding hydrogens is 619 g/mol. The molecule has 1 aliphatic heterocycles. The number of nitrogens with zero attached hydrogens (tertiary/aromatic N) is 5. The number of carbonyl (C=O) groups excluding carboxylic acids is 2. The Morgan fingerprint density at radius 2 is 1.96 bits per heavy atom. The molecule has 0 unspecified atom stereocenters. The first-order valence-electron chi connectivity index (χ1n) is 13.6. The van der Waals surface area contributed by atoms with Crippen LogP contribution in [0.25, 0.3) is 16.8 Å². The number of alkyl halides is 3. The van der Waals surface area contributed by atoms with Crippen LogP contribution in [0.5, 0.6) is 5.75 Å². The lowest BCUT2D eigenvalue weighted by atomic mass is 10.1. The van der Waals surface area contributed by atoms with Crippen molar-refractivity contribution in [3.05, 3.63) is 64.8 Å². The van der Waals surface area contributed by atoms with E-state index in [-0.39, 0.29) is 53.2 Å². The Kier molecular flexibility index (Phi) is 8.87. The van der Waals surface area contributed by atoms with E-state index in [0.29, 0.717) is 22.6 Å². The number of fused-ring (bicyclic) bond motifs is 1. The predicted octanol–water partition coefficient (Wildman–Crippen LogP) is 4.63. The molecule has 12 nitrogen and oxygen atoms in total. The van der Waals surface area contributed by atoms with Crippen LogP contribution >= 0.6 is 11.6 Å². The van der Waals surface area contributed by atoms with Gasteiger partial charge in [-0.25, -0.2) is 15.0 Å². The van der Waals surface area contributed by atoms with Crippen molar-refractivity contribution in [3.8, 4) is 17.0 Å². The molecule has 1 aliphatic rings. The minimum Gasteiger partial charge on any atom is -0.496 e. The maximum atomic E-state index is 13.1. The van der Waals surface area contributed by atoms with Gasteiger partial charge in [-0.2, -0.15) is 13.2 Å². The molecule has 4 aromatic rings.